The minimum absolute atomic E-state index is 0.646. The van der Waals surface area contributed by atoms with Gasteiger partial charge in [-0.05, 0) is 0 Å². The molecular formula is C8H14Li2. The van der Waals surface area contributed by atoms with Crippen molar-refractivity contribution in [2.45, 2.75) is 41.8 Å². The van der Waals surface area contributed by atoms with Crippen LogP contribution in [0.25, 0.3) is 0 Å². The van der Waals surface area contributed by atoms with E-state index >= 15 is 0 Å². The van der Waals surface area contributed by atoms with E-state index in [1.807, 2.05) is 0 Å². The molecule has 0 heterocycles. The van der Waals surface area contributed by atoms with Gasteiger partial charge in [-0.3, -0.25) is 0 Å². The first-order chi connectivity index (χ1) is 4.67. The van der Waals surface area contributed by atoms with E-state index in [1.54, 1.807) is 0 Å². The van der Waals surface area contributed by atoms with E-state index in [4.69, 9.17) is 0 Å². The first-order valence-electron chi connectivity index (χ1n) is 4.67. The molecular weight excluding hydrogens is 110 g/mol. The molecule has 1 atom stereocenters. The average molecular weight is 124 g/mol. The van der Waals surface area contributed by atoms with E-state index in [2.05, 4.69) is 42.4 Å². The van der Waals surface area contributed by atoms with Gasteiger partial charge in [0.05, 0.1) is 0 Å². The molecule has 0 N–H and O–H groups in total. The standard InChI is InChI=1S/C8H14.2Li/c1-2-8-6-4-3-5-7-8;;/h8H,2-6H2,1H3;;. The quantitative estimate of drug-likeness (QED) is 0.469. The Kier molecular flexibility index (Phi) is 3.47. The summed E-state index contributed by atoms with van der Waals surface area (Å²) in [5, 5.41) is 0. The third-order valence-corrected chi connectivity index (χ3v) is 3.22. The van der Waals surface area contributed by atoms with Crippen molar-refractivity contribution in [2.24, 2.45) is 5.92 Å². The van der Waals surface area contributed by atoms with Crippen LogP contribution in [0.3, 0.4) is 0 Å². The van der Waals surface area contributed by atoms with Gasteiger partial charge >= 0.3 is 83.1 Å². The van der Waals surface area contributed by atoms with Gasteiger partial charge in [0.2, 0.25) is 0 Å². The average Bonchev–Trinajstić information content (AvgIpc) is 1.87. The topological polar surface area (TPSA) is 0 Å². The summed E-state index contributed by atoms with van der Waals surface area (Å²) in [6.45, 7) is 2.33. The Hall–Kier alpha value is 1.19. The zero-order valence-electron chi connectivity index (χ0n) is 7.61. The SMILES string of the molecule is [Li][C]1([Li])CCCCC1CC. The third-order valence-electron chi connectivity index (χ3n) is 3.22. The van der Waals surface area contributed by atoms with Crippen LogP contribution in [-0.4, -0.2) is 35.4 Å². The number of hydrogen-bond acceptors (Lipinski definition) is 0. The second kappa shape index (κ2) is 3.73. The van der Waals surface area contributed by atoms with Crippen molar-refractivity contribution >= 4 is 35.4 Å². The molecule has 0 aliphatic heterocycles. The molecule has 0 bridgehead atoms. The van der Waals surface area contributed by atoms with Crippen LogP contribution in [0.15, 0.2) is 0 Å². The molecule has 2 heteroatoms. The maximum absolute atomic E-state index is 2.43. The molecule has 48 valence electrons. The first-order valence-corrected chi connectivity index (χ1v) is 4.67. The van der Waals surface area contributed by atoms with Gasteiger partial charge in [-0.1, -0.05) is 0 Å². The van der Waals surface area contributed by atoms with Crippen molar-refractivity contribution in [2.75, 3.05) is 0 Å². The molecule has 1 aliphatic rings. The molecule has 0 spiro atoms. The van der Waals surface area contributed by atoms with Gasteiger partial charge in [0.1, 0.15) is 0 Å². The summed E-state index contributed by atoms with van der Waals surface area (Å²) in [6.07, 6.45) is 7.24. The zero-order valence-corrected chi connectivity index (χ0v) is 7.61. The van der Waals surface area contributed by atoms with Crippen LogP contribution >= 0.6 is 0 Å². The van der Waals surface area contributed by atoms with Crippen LogP contribution < -0.4 is 0 Å². The predicted molar refractivity (Wildman–Crippen MR) is 46.5 cm³/mol. The molecule has 1 saturated carbocycles. The van der Waals surface area contributed by atoms with Crippen LogP contribution in [0, 0.1) is 5.92 Å². The van der Waals surface area contributed by atoms with Gasteiger partial charge in [-0.25, -0.2) is 0 Å². The molecule has 1 rings (SSSR count). The van der Waals surface area contributed by atoms with Crippen molar-refractivity contribution in [1.82, 2.24) is 0 Å². The molecule has 0 amide bonds. The Morgan fingerprint density at radius 3 is 2.50 bits per heavy atom. The van der Waals surface area contributed by atoms with Crippen molar-refractivity contribution in [3.8, 4) is 0 Å². The monoisotopic (exact) mass is 124 g/mol. The van der Waals surface area contributed by atoms with Gasteiger partial charge in [0.25, 0.3) is 0 Å². The molecule has 1 fully saturated rings. The Morgan fingerprint density at radius 2 is 2.10 bits per heavy atom. The Bertz CT molecular complexity index is 110. The molecule has 0 nitrogen and oxygen atoms in total. The second-order valence-corrected chi connectivity index (χ2v) is 4.34. The van der Waals surface area contributed by atoms with E-state index in [9.17, 15) is 0 Å². The summed E-state index contributed by atoms with van der Waals surface area (Å²) in [7, 11) is 0. The van der Waals surface area contributed by atoms with Crippen molar-refractivity contribution < 1.29 is 0 Å². The van der Waals surface area contributed by atoms with Crippen LogP contribution in [-0.2, 0) is 0 Å². The normalized spacial score (nSPS) is 32.3. The Morgan fingerprint density at radius 1 is 1.40 bits per heavy atom. The minimum atomic E-state index is 0.646. The molecule has 0 aromatic rings. The number of hydrogen-bond donors (Lipinski definition) is 0. The van der Waals surface area contributed by atoms with E-state index < -0.39 is 0 Å². The third kappa shape index (κ3) is 2.09. The fourth-order valence-electron chi connectivity index (χ4n) is 2.32. The summed E-state index contributed by atoms with van der Waals surface area (Å²) < 4.78 is 0.646. The molecule has 1 aliphatic carbocycles. The van der Waals surface area contributed by atoms with Crippen LogP contribution in [0.5, 0.6) is 0 Å². The van der Waals surface area contributed by atoms with E-state index in [0.29, 0.717) is 2.76 Å². The summed E-state index contributed by atoms with van der Waals surface area (Å²) in [6, 6.07) is 0. The molecule has 1 unspecified atom stereocenters. The zero-order chi connectivity index (χ0) is 7.61. The van der Waals surface area contributed by atoms with E-state index in [-0.39, 0.29) is 0 Å². The number of rotatable bonds is 1. The van der Waals surface area contributed by atoms with Crippen LogP contribution in [0.4, 0.5) is 0 Å². The van der Waals surface area contributed by atoms with Gasteiger partial charge in [-0.2, -0.15) is 0 Å². The van der Waals surface area contributed by atoms with Gasteiger partial charge in [0, 0.05) is 0 Å². The first kappa shape index (κ1) is 9.28. The van der Waals surface area contributed by atoms with Crippen molar-refractivity contribution in [3.63, 3.8) is 0 Å². The van der Waals surface area contributed by atoms with E-state index in [0.717, 1.165) is 5.92 Å². The van der Waals surface area contributed by atoms with Crippen LogP contribution in [0.2, 0.25) is 2.76 Å². The van der Waals surface area contributed by atoms with Crippen molar-refractivity contribution in [3.05, 3.63) is 0 Å². The Labute approximate surface area is 82.9 Å². The summed E-state index contributed by atoms with van der Waals surface area (Å²) in [4.78, 5) is 0. The molecule has 10 heavy (non-hydrogen) atoms. The Balaban J connectivity index is 2.51. The molecule has 0 aromatic carbocycles. The fourth-order valence-corrected chi connectivity index (χ4v) is 2.32. The van der Waals surface area contributed by atoms with Gasteiger partial charge < -0.3 is 0 Å². The fraction of sp³-hybridized carbons (Fsp3) is 1.00. The summed E-state index contributed by atoms with van der Waals surface area (Å²) in [5.74, 6) is 1.00. The summed E-state index contributed by atoms with van der Waals surface area (Å²) >= 11 is 4.86. The van der Waals surface area contributed by atoms with E-state index in [1.165, 1.54) is 32.1 Å². The predicted octanol–water partition coefficient (Wildman–Crippen LogP) is 2.04. The molecule has 0 saturated heterocycles. The van der Waals surface area contributed by atoms with Crippen molar-refractivity contribution in [1.29, 1.82) is 0 Å². The molecule has 0 aromatic heterocycles. The molecule has 0 radical (unpaired) electrons. The second-order valence-electron chi connectivity index (χ2n) is 4.34. The summed E-state index contributed by atoms with van der Waals surface area (Å²) in [5.41, 5.74) is 0. The van der Waals surface area contributed by atoms with Crippen LogP contribution in [0.1, 0.15) is 39.0 Å². The van der Waals surface area contributed by atoms with Gasteiger partial charge in [-0.15, -0.1) is 0 Å². The van der Waals surface area contributed by atoms with Gasteiger partial charge in [0.15, 0.2) is 0 Å². The maximum atomic E-state index is 2.43.